The van der Waals surface area contributed by atoms with Crippen LogP contribution >= 0.6 is 0 Å². The van der Waals surface area contributed by atoms with Gasteiger partial charge in [-0.25, -0.2) is 4.39 Å². The summed E-state index contributed by atoms with van der Waals surface area (Å²) in [4.78, 5) is 2.06. The van der Waals surface area contributed by atoms with Crippen LogP contribution in [0.15, 0.2) is 18.2 Å². The molecule has 0 amide bonds. The van der Waals surface area contributed by atoms with Crippen LogP contribution in [0.2, 0.25) is 0 Å². The molecule has 1 aromatic carbocycles. The fraction of sp³-hybridized carbons (Fsp3) is 0.538. The Morgan fingerprint density at radius 3 is 2.76 bits per heavy atom. The summed E-state index contributed by atoms with van der Waals surface area (Å²) in [6.45, 7) is 2.54. The van der Waals surface area contributed by atoms with Gasteiger partial charge in [0.1, 0.15) is 17.2 Å². The van der Waals surface area contributed by atoms with Gasteiger partial charge in [-0.05, 0) is 38.6 Å². The van der Waals surface area contributed by atoms with Gasteiger partial charge in [0.05, 0.1) is 7.11 Å². The number of likely N-dealkylation sites (N-methyl/N-ethyl adjacent to an activating group) is 1. The van der Waals surface area contributed by atoms with Crippen LogP contribution < -0.4 is 4.74 Å². The first kappa shape index (κ1) is 12.3. The summed E-state index contributed by atoms with van der Waals surface area (Å²) in [5, 5.41) is 10.7. The van der Waals surface area contributed by atoms with Gasteiger partial charge in [-0.1, -0.05) is 0 Å². The average molecular weight is 239 g/mol. The van der Waals surface area contributed by atoms with E-state index < -0.39 is 5.60 Å². The highest BCUT2D eigenvalue weighted by Crippen LogP contribution is 2.39. The van der Waals surface area contributed by atoms with Gasteiger partial charge in [-0.2, -0.15) is 0 Å². The van der Waals surface area contributed by atoms with Crippen molar-refractivity contribution in [1.29, 1.82) is 0 Å². The van der Waals surface area contributed by atoms with Crippen LogP contribution in [0.5, 0.6) is 5.75 Å². The van der Waals surface area contributed by atoms with Crippen molar-refractivity contribution in [1.82, 2.24) is 4.90 Å². The molecule has 1 aliphatic rings. The molecule has 2 unspecified atom stereocenters. The highest BCUT2D eigenvalue weighted by Gasteiger charge is 2.42. The second-order valence-electron chi connectivity index (χ2n) is 4.84. The minimum Gasteiger partial charge on any atom is -0.496 e. The van der Waals surface area contributed by atoms with E-state index in [1.54, 1.807) is 6.07 Å². The molecule has 3 nitrogen and oxygen atoms in total. The van der Waals surface area contributed by atoms with E-state index in [1.165, 1.54) is 19.2 Å². The summed E-state index contributed by atoms with van der Waals surface area (Å²) in [5.74, 6) is 0.188. The van der Waals surface area contributed by atoms with Gasteiger partial charge in [-0.3, -0.25) is 0 Å². The number of halogens is 1. The van der Waals surface area contributed by atoms with E-state index >= 15 is 0 Å². The molecule has 0 bridgehead atoms. The number of aliphatic hydroxyl groups is 1. The van der Waals surface area contributed by atoms with E-state index in [1.807, 2.05) is 14.0 Å². The molecule has 17 heavy (non-hydrogen) atoms. The van der Waals surface area contributed by atoms with Crippen LogP contribution in [-0.2, 0) is 5.60 Å². The van der Waals surface area contributed by atoms with Gasteiger partial charge in [0.2, 0.25) is 0 Å². The Labute approximate surface area is 101 Å². The molecule has 2 atom stereocenters. The van der Waals surface area contributed by atoms with E-state index in [2.05, 4.69) is 4.90 Å². The van der Waals surface area contributed by atoms with E-state index in [0.29, 0.717) is 24.3 Å². The molecule has 1 saturated heterocycles. The lowest BCUT2D eigenvalue weighted by atomic mass is 9.90. The minimum atomic E-state index is -1.03. The molecular weight excluding hydrogens is 221 g/mol. The summed E-state index contributed by atoms with van der Waals surface area (Å²) in [5.41, 5.74) is -0.488. The summed E-state index contributed by atoms with van der Waals surface area (Å²) in [6.07, 6.45) is 0.587. The van der Waals surface area contributed by atoms with Crippen molar-refractivity contribution in [2.75, 3.05) is 20.7 Å². The van der Waals surface area contributed by atoms with Crippen LogP contribution in [0.4, 0.5) is 4.39 Å². The molecule has 1 heterocycles. The SMILES string of the molecule is COc1ccc(F)cc1C1(O)CC(C)N(C)C1. The number of hydrogen-bond donors (Lipinski definition) is 1. The number of ether oxygens (including phenoxy) is 1. The number of benzene rings is 1. The van der Waals surface area contributed by atoms with Gasteiger partial charge in [0.25, 0.3) is 0 Å². The molecule has 0 radical (unpaired) electrons. The highest BCUT2D eigenvalue weighted by molar-refractivity contribution is 5.39. The standard InChI is InChI=1S/C13H18FNO2/c1-9-7-13(16,8-15(9)2)11-6-10(14)4-5-12(11)17-3/h4-6,9,16H,7-8H2,1-3H3. The smallest absolute Gasteiger partial charge is 0.125 e. The maximum Gasteiger partial charge on any atom is 0.125 e. The lowest BCUT2D eigenvalue weighted by Crippen LogP contribution is -2.30. The number of likely N-dealkylation sites (tertiary alicyclic amines) is 1. The van der Waals surface area contributed by atoms with Crippen LogP contribution in [-0.4, -0.2) is 36.8 Å². The van der Waals surface area contributed by atoms with Crippen molar-refractivity contribution in [3.63, 3.8) is 0 Å². The van der Waals surface area contributed by atoms with Crippen LogP contribution in [0.3, 0.4) is 0 Å². The first-order valence-corrected chi connectivity index (χ1v) is 5.73. The number of methoxy groups -OCH3 is 1. The topological polar surface area (TPSA) is 32.7 Å². The van der Waals surface area contributed by atoms with Crippen molar-refractivity contribution in [2.45, 2.75) is 25.0 Å². The van der Waals surface area contributed by atoms with Gasteiger partial charge >= 0.3 is 0 Å². The monoisotopic (exact) mass is 239 g/mol. The number of rotatable bonds is 2. The summed E-state index contributed by atoms with van der Waals surface area (Å²) < 4.78 is 18.5. The summed E-state index contributed by atoms with van der Waals surface area (Å²) in [6, 6.07) is 4.54. The van der Waals surface area contributed by atoms with Crippen LogP contribution in [0.25, 0.3) is 0 Å². The molecule has 0 aromatic heterocycles. The fourth-order valence-electron chi connectivity index (χ4n) is 2.52. The first-order chi connectivity index (χ1) is 7.96. The predicted octanol–water partition coefficient (Wildman–Crippen LogP) is 1.75. The van der Waals surface area contributed by atoms with Crippen LogP contribution in [0, 0.1) is 5.82 Å². The molecule has 1 N–H and O–H groups in total. The van der Waals surface area contributed by atoms with Gasteiger partial charge in [0, 0.05) is 18.2 Å². The zero-order chi connectivity index (χ0) is 12.6. The van der Waals surface area contributed by atoms with Gasteiger partial charge in [0.15, 0.2) is 0 Å². The zero-order valence-corrected chi connectivity index (χ0v) is 10.4. The Kier molecular flexibility index (Phi) is 3.10. The molecule has 1 fully saturated rings. The normalized spacial score (nSPS) is 29.6. The third-order valence-electron chi connectivity index (χ3n) is 3.56. The molecule has 0 spiro atoms. The molecule has 0 saturated carbocycles. The van der Waals surface area contributed by atoms with Crippen molar-refractivity contribution >= 4 is 0 Å². The van der Waals surface area contributed by atoms with Gasteiger partial charge < -0.3 is 14.7 Å². The summed E-state index contributed by atoms with van der Waals surface area (Å²) >= 11 is 0. The van der Waals surface area contributed by atoms with Crippen molar-refractivity contribution in [3.8, 4) is 5.75 Å². The molecular formula is C13H18FNO2. The van der Waals surface area contributed by atoms with E-state index in [0.717, 1.165) is 0 Å². The Balaban J connectivity index is 2.42. The molecule has 94 valence electrons. The third kappa shape index (κ3) is 2.15. The number of β-amino-alcohol motifs (C(OH)–C–C–N with tert-alkyl or cyclic N) is 1. The Bertz CT molecular complexity index is 412. The van der Waals surface area contributed by atoms with E-state index in [-0.39, 0.29) is 11.9 Å². The molecule has 4 heteroatoms. The second kappa shape index (κ2) is 4.27. The van der Waals surface area contributed by atoms with Crippen molar-refractivity contribution < 1.29 is 14.2 Å². The maximum atomic E-state index is 13.3. The van der Waals surface area contributed by atoms with E-state index in [4.69, 9.17) is 4.74 Å². The highest BCUT2D eigenvalue weighted by atomic mass is 19.1. The quantitative estimate of drug-likeness (QED) is 0.853. The average Bonchev–Trinajstić information content (AvgIpc) is 2.54. The third-order valence-corrected chi connectivity index (χ3v) is 3.56. The predicted molar refractivity (Wildman–Crippen MR) is 63.6 cm³/mol. The van der Waals surface area contributed by atoms with Crippen molar-refractivity contribution in [2.24, 2.45) is 0 Å². The lowest BCUT2D eigenvalue weighted by molar-refractivity contribution is 0.0457. The second-order valence-corrected chi connectivity index (χ2v) is 4.84. The maximum absolute atomic E-state index is 13.3. The van der Waals surface area contributed by atoms with Crippen molar-refractivity contribution in [3.05, 3.63) is 29.6 Å². The van der Waals surface area contributed by atoms with Gasteiger partial charge in [-0.15, -0.1) is 0 Å². The largest absolute Gasteiger partial charge is 0.496 e. The minimum absolute atomic E-state index is 0.271. The molecule has 1 aromatic rings. The fourth-order valence-corrected chi connectivity index (χ4v) is 2.52. The number of nitrogens with zero attached hydrogens (tertiary/aromatic N) is 1. The molecule has 2 rings (SSSR count). The van der Waals surface area contributed by atoms with E-state index in [9.17, 15) is 9.50 Å². The molecule has 0 aliphatic carbocycles. The Morgan fingerprint density at radius 1 is 1.53 bits per heavy atom. The Morgan fingerprint density at radius 2 is 2.24 bits per heavy atom. The lowest BCUT2D eigenvalue weighted by Gasteiger charge is -2.25. The molecule has 1 aliphatic heterocycles. The zero-order valence-electron chi connectivity index (χ0n) is 10.4. The van der Waals surface area contributed by atoms with Crippen LogP contribution in [0.1, 0.15) is 18.9 Å². The Hall–Kier alpha value is -1.13. The number of hydrogen-bond acceptors (Lipinski definition) is 3. The first-order valence-electron chi connectivity index (χ1n) is 5.73. The summed E-state index contributed by atoms with van der Waals surface area (Å²) in [7, 11) is 3.48.